The number of aromatic hydroxyl groups is 1. The number of carbonyl (C=O) groups is 1. The Hall–Kier alpha value is -3.36. The molecular formula is C25H35N5O3. The number of hydrazone groups is 1. The summed E-state index contributed by atoms with van der Waals surface area (Å²) in [6, 6.07) is 15.4. The summed E-state index contributed by atoms with van der Waals surface area (Å²) >= 11 is 0. The summed E-state index contributed by atoms with van der Waals surface area (Å²) in [4.78, 5) is 12.8. The van der Waals surface area contributed by atoms with Crippen LogP contribution >= 0.6 is 0 Å². The number of nitrogens with zero attached hydrogens (tertiary/aromatic N) is 2. The minimum absolute atomic E-state index is 0.0142. The first-order valence-corrected chi connectivity index (χ1v) is 11.1. The van der Waals surface area contributed by atoms with Gasteiger partial charge in [-0.1, -0.05) is 42.5 Å². The zero-order chi connectivity index (χ0) is 24.1. The van der Waals surface area contributed by atoms with Gasteiger partial charge in [-0.2, -0.15) is 5.10 Å². The van der Waals surface area contributed by atoms with Crippen LogP contribution in [0.1, 0.15) is 30.0 Å². The third-order valence-corrected chi connectivity index (χ3v) is 5.06. The quantitative estimate of drug-likeness (QED) is 0.130. The van der Waals surface area contributed by atoms with Crippen molar-refractivity contribution in [1.82, 2.24) is 15.6 Å². The summed E-state index contributed by atoms with van der Waals surface area (Å²) in [6.07, 6.45) is 2.67. The molecule has 0 saturated carbocycles. The highest BCUT2D eigenvalue weighted by atomic mass is 16.4. The summed E-state index contributed by atoms with van der Waals surface area (Å²) in [7, 11) is 0. The van der Waals surface area contributed by atoms with Gasteiger partial charge < -0.3 is 26.7 Å². The van der Waals surface area contributed by atoms with Crippen LogP contribution in [-0.2, 0) is 11.2 Å². The molecule has 2 aromatic rings. The van der Waals surface area contributed by atoms with E-state index in [2.05, 4.69) is 34.2 Å². The number of phenolic OH excluding ortho intramolecular Hbond substituents is 1. The van der Waals surface area contributed by atoms with Gasteiger partial charge in [0.25, 0.3) is 0 Å². The monoisotopic (exact) mass is 453 g/mol. The molecule has 1 aliphatic heterocycles. The summed E-state index contributed by atoms with van der Waals surface area (Å²) in [5.41, 5.74) is 11.3. The van der Waals surface area contributed by atoms with Crippen molar-refractivity contribution in [1.29, 1.82) is 0 Å². The molecule has 0 amide bonds. The second-order valence-corrected chi connectivity index (χ2v) is 8.00. The fourth-order valence-electron chi connectivity index (χ4n) is 3.42. The molecule has 3 rings (SSSR count). The zero-order valence-corrected chi connectivity index (χ0v) is 19.2. The summed E-state index contributed by atoms with van der Waals surface area (Å²) in [6.45, 7) is 10.6. The number of carboxylic acid groups (broad SMARTS) is 1. The minimum Gasteiger partial charge on any atom is -0.508 e. The Labute approximate surface area is 195 Å². The van der Waals surface area contributed by atoms with Gasteiger partial charge in [-0.3, -0.25) is 9.69 Å². The van der Waals surface area contributed by atoms with E-state index < -0.39 is 5.97 Å². The lowest BCUT2D eigenvalue weighted by atomic mass is 10.0. The maximum Gasteiger partial charge on any atom is 0.305 e. The van der Waals surface area contributed by atoms with Gasteiger partial charge in [0.2, 0.25) is 0 Å². The van der Waals surface area contributed by atoms with Crippen LogP contribution in [0.15, 0.2) is 66.3 Å². The molecule has 33 heavy (non-hydrogen) atoms. The largest absolute Gasteiger partial charge is 0.508 e. The molecule has 2 aromatic carbocycles. The number of benzene rings is 2. The maximum absolute atomic E-state index is 10.4. The first-order chi connectivity index (χ1) is 15.9. The van der Waals surface area contributed by atoms with Gasteiger partial charge in [0, 0.05) is 44.3 Å². The van der Waals surface area contributed by atoms with E-state index in [9.17, 15) is 9.90 Å². The Morgan fingerprint density at radius 3 is 2.70 bits per heavy atom. The molecule has 1 aliphatic rings. The molecule has 1 fully saturated rings. The predicted octanol–water partition coefficient (Wildman–Crippen LogP) is 2.13. The molecule has 178 valence electrons. The fourth-order valence-corrected chi connectivity index (χ4v) is 3.42. The van der Waals surface area contributed by atoms with E-state index in [0.717, 1.165) is 42.9 Å². The lowest BCUT2D eigenvalue weighted by molar-refractivity contribution is -0.136. The van der Waals surface area contributed by atoms with Crippen LogP contribution in [-0.4, -0.2) is 65.7 Å². The average molecular weight is 454 g/mol. The summed E-state index contributed by atoms with van der Waals surface area (Å²) < 4.78 is 0. The second-order valence-electron chi connectivity index (χ2n) is 8.00. The van der Waals surface area contributed by atoms with Crippen LogP contribution in [0.25, 0.3) is 0 Å². The van der Waals surface area contributed by atoms with Gasteiger partial charge in [-0.05, 0) is 36.6 Å². The third kappa shape index (κ3) is 10.2. The van der Waals surface area contributed by atoms with Crippen molar-refractivity contribution in [2.45, 2.75) is 25.8 Å². The smallest absolute Gasteiger partial charge is 0.305 e. The van der Waals surface area contributed by atoms with Crippen LogP contribution in [0.2, 0.25) is 0 Å². The molecular weight excluding hydrogens is 418 g/mol. The van der Waals surface area contributed by atoms with E-state index >= 15 is 0 Å². The highest BCUT2D eigenvalue weighted by Crippen LogP contribution is 2.15. The Kier molecular flexibility index (Phi) is 10.9. The number of hydrogen-bond donors (Lipinski definition) is 5. The Balaban J connectivity index is 0.000000321. The number of amidine groups is 1. The van der Waals surface area contributed by atoms with E-state index in [1.165, 1.54) is 0 Å². The number of nitrogens with two attached hydrogens (primary N) is 1. The van der Waals surface area contributed by atoms with Crippen LogP contribution in [0.4, 0.5) is 0 Å². The summed E-state index contributed by atoms with van der Waals surface area (Å²) in [5.74, 6) is -0.329. The van der Waals surface area contributed by atoms with Crippen LogP contribution < -0.4 is 16.5 Å². The standard InChI is InChI=1S/C17H19N3O3.C8H16N2/c18-17(20-19-9-8-16(22)23)14-6-4-12(5-7-14)10-13-2-1-3-15(21)11-13;1-3-5-10-6-4-9-8(2)7-10/h1-7,11,19,21H,8-10H2,(H2,18,20)(H,22,23);3,8-9H,1,4-7H2,2H3. The van der Waals surface area contributed by atoms with E-state index in [4.69, 9.17) is 10.8 Å². The molecule has 1 saturated heterocycles. The highest BCUT2D eigenvalue weighted by molar-refractivity contribution is 5.97. The third-order valence-electron chi connectivity index (χ3n) is 5.06. The van der Waals surface area contributed by atoms with Gasteiger partial charge in [-0.25, -0.2) is 0 Å². The molecule has 0 spiro atoms. The molecule has 0 aromatic heterocycles. The lowest BCUT2D eigenvalue weighted by Gasteiger charge is -2.30. The number of carboxylic acids is 1. The molecule has 1 atom stereocenters. The molecule has 8 heteroatoms. The number of aliphatic carboxylic acids is 1. The van der Waals surface area contributed by atoms with Crippen molar-refractivity contribution >= 4 is 11.8 Å². The van der Waals surface area contributed by atoms with Crippen molar-refractivity contribution in [3.8, 4) is 5.75 Å². The number of nitrogens with one attached hydrogen (secondary N) is 2. The van der Waals surface area contributed by atoms with Gasteiger partial charge in [-0.15, -0.1) is 6.58 Å². The first kappa shape index (κ1) is 25.9. The van der Waals surface area contributed by atoms with Crippen molar-refractivity contribution in [3.63, 3.8) is 0 Å². The Morgan fingerprint density at radius 1 is 1.30 bits per heavy atom. The topological polar surface area (TPSA) is 123 Å². The van der Waals surface area contributed by atoms with Gasteiger partial charge in [0.05, 0.1) is 6.42 Å². The molecule has 0 radical (unpaired) electrons. The normalized spacial score (nSPS) is 16.4. The van der Waals surface area contributed by atoms with E-state index in [-0.39, 0.29) is 18.7 Å². The predicted molar refractivity (Wildman–Crippen MR) is 132 cm³/mol. The van der Waals surface area contributed by atoms with Crippen LogP contribution in [0.5, 0.6) is 5.75 Å². The van der Waals surface area contributed by atoms with Crippen LogP contribution in [0, 0.1) is 0 Å². The van der Waals surface area contributed by atoms with E-state index in [0.29, 0.717) is 18.3 Å². The molecule has 0 bridgehead atoms. The average Bonchev–Trinajstić information content (AvgIpc) is 2.78. The number of hydrogen-bond acceptors (Lipinski definition) is 6. The van der Waals surface area contributed by atoms with Crippen molar-refractivity contribution < 1.29 is 15.0 Å². The van der Waals surface area contributed by atoms with Gasteiger partial charge >= 0.3 is 5.97 Å². The Bertz CT molecular complexity index is 915. The summed E-state index contributed by atoms with van der Waals surface area (Å²) in [5, 5.41) is 25.3. The number of piperazine rings is 1. The van der Waals surface area contributed by atoms with Crippen molar-refractivity contribution in [2.24, 2.45) is 10.8 Å². The van der Waals surface area contributed by atoms with Gasteiger partial charge in [0.15, 0.2) is 5.84 Å². The first-order valence-electron chi connectivity index (χ1n) is 11.1. The SMILES string of the molecule is C=CCN1CCNC(C)C1.N/C(=N\NCCC(=O)O)c1ccc(Cc2cccc(O)c2)cc1. The van der Waals surface area contributed by atoms with Crippen LogP contribution in [0.3, 0.4) is 0 Å². The van der Waals surface area contributed by atoms with E-state index in [1.54, 1.807) is 12.1 Å². The molecule has 6 N–H and O–H groups in total. The highest BCUT2D eigenvalue weighted by Gasteiger charge is 2.13. The van der Waals surface area contributed by atoms with E-state index in [1.807, 2.05) is 42.5 Å². The molecule has 0 aliphatic carbocycles. The minimum atomic E-state index is -0.887. The fraction of sp³-hybridized carbons (Fsp3) is 0.360. The Morgan fingerprint density at radius 2 is 2.06 bits per heavy atom. The lowest BCUT2D eigenvalue weighted by Crippen LogP contribution is -2.49. The molecule has 8 nitrogen and oxygen atoms in total. The second kappa shape index (κ2) is 13.9. The zero-order valence-electron chi connectivity index (χ0n) is 19.2. The van der Waals surface area contributed by atoms with Crippen molar-refractivity contribution in [2.75, 3.05) is 32.7 Å². The van der Waals surface area contributed by atoms with Gasteiger partial charge in [0.1, 0.15) is 5.75 Å². The van der Waals surface area contributed by atoms with Crippen molar-refractivity contribution in [3.05, 3.63) is 77.9 Å². The molecule has 1 heterocycles. The maximum atomic E-state index is 10.4. The number of phenols is 1. The number of rotatable bonds is 9. The molecule has 1 unspecified atom stereocenters.